The van der Waals surface area contributed by atoms with Crippen LogP contribution in [0.5, 0.6) is 5.75 Å². The van der Waals surface area contributed by atoms with E-state index in [1.54, 1.807) is 48.5 Å². The average Bonchev–Trinajstić information content (AvgIpc) is 3.05. The van der Waals surface area contributed by atoms with Gasteiger partial charge in [-0.1, -0.05) is 54.9 Å². The lowest BCUT2D eigenvalue weighted by molar-refractivity contribution is -0.120. The van der Waals surface area contributed by atoms with Gasteiger partial charge in [0.1, 0.15) is 11.4 Å². The summed E-state index contributed by atoms with van der Waals surface area (Å²) in [6.07, 6.45) is 0.902. The maximum atomic E-state index is 13.5. The number of nitrogens with zero attached hydrogens (tertiary/aromatic N) is 1. The number of hydrogen-bond donors (Lipinski definition) is 1. The molecule has 162 valence electrons. The third-order valence-corrected chi connectivity index (χ3v) is 5.65. The molecule has 0 atom stereocenters. The Labute approximate surface area is 192 Å². The molecule has 0 bridgehead atoms. The highest BCUT2D eigenvalue weighted by Crippen LogP contribution is 2.35. The van der Waals surface area contributed by atoms with E-state index in [9.17, 15) is 9.59 Å². The highest BCUT2D eigenvalue weighted by atomic mass is 35.5. The molecule has 5 nitrogen and oxygen atoms in total. The van der Waals surface area contributed by atoms with Gasteiger partial charge in [-0.25, -0.2) is 4.90 Å². The molecule has 0 fully saturated rings. The fraction of sp³-hybridized carbons (Fsp3) is 0.154. The molecular weight excluding hydrogens is 424 g/mol. The van der Waals surface area contributed by atoms with Gasteiger partial charge in [-0.05, 0) is 60.9 Å². The van der Waals surface area contributed by atoms with Gasteiger partial charge in [-0.3, -0.25) is 9.59 Å². The zero-order valence-electron chi connectivity index (χ0n) is 17.9. The summed E-state index contributed by atoms with van der Waals surface area (Å²) in [6.45, 7) is 4.51. The number of carbonyl (C=O) groups is 2. The van der Waals surface area contributed by atoms with Crippen molar-refractivity contribution >= 4 is 40.4 Å². The summed E-state index contributed by atoms with van der Waals surface area (Å²) >= 11 is 6.27. The summed E-state index contributed by atoms with van der Waals surface area (Å²) in [7, 11) is 0. The molecule has 0 spiro atoms. The monoisotopic (exact) mass is 446 g/mol. The number of hydrogen-bond acceptors (Lipinski definition) is 4. The second-order valence-corrected chi connectivity index (χ2v) is 7.85. The van der Waals surface area contributed by atoms with Gasteiger partial charge in [-0.15, -0.1) is 0 Å². The van der Waals surface area contributed by atoms with Crippen molar-refractivity contribution in [2.75, 3.05) is 16.8 Å². The van der Waals surface area contributed by atoms with E-state index in [-0.39, 0.29) is 11.6 Å². The fourth-order valence-corrected chi connectivity index (χ4v) is 3.71. The van der Waals surface area contributed by atoms with Crippen LogP contribution in [0, 0.1) is 6.92 Å². The molecule has 2 amide bonds. The number of rotatable bonds is 7. The molecule has 1 heterocycles. The molecule has 1 N–H and O–H groups in total. The van der Waals surface area contributed by atoms with Crippen molar-refractivity contribution in [3.8, 4) is 5.75 Å². The number of amides is 2. The predicted octanol–water partition coefficient (Wildman–Crippen LogP) is 5.83. The van der Waals surface area contributed by atoms with Gasteiger partial charge in [0.05, 0.1) is 17.9 Å². The van der Waals surface area contributed by atoms with Gasteiger partial charge in [-0.2, -0.15) is 0 Å². The Hall–Kier alpha value is -3.57. The first-order chi connectivity index (χ1) is 15.5. The third-order valence-electron chi connectivity index (χ3n) is 5.24. The number of halogens is 1. The number of benzene rings is 3. The van der Waals surface area contributed by atoms with Crippen LogP contribution in [0.3, 0.4) is 0 Å². The summed E-state index contributed by atoms with van der Waals surface area (Å²) in [6, 6.07) is 21.5. The number of ether oxygens (including phenoxy) is 1. The molecule has 0 unspecified atom stereocenters. The predicted molar refractivity (Wildman–Crippen MR) is 128 cm³/mol. The second-order valence-electron chi connectivity index (χ2n) is 7.44. The van der Waals surface area contributed by atoms with Gasteiger partial charge in [0.15, 0.2) is 0 Å². The number of carbonyl (C=O) groups excluding carboxylic acids is 2. The van der Waals surface area contributed by atoms with Crippen molar-refractivity contribution < 1.29 is 14.3 Å². The van der Waals surface area contributed by atoms with Gasteiger partial charge >= 0.3 is 0 Å². The number of imide groups is 1. The smallest absolute Gasteiger partial charge is 0.282 e. The van der Waals surface area contributed by atoms with Crippen LogP contribution in [0.2, 0.25) is 5.02 Å². The SMILES string of the molecule is CCCOc1ccc(C2=C(Nc3cccc(Cl)c3C)C(=O)N(c3ccccc3)C2=O)cc1. The first kappa shape index (κ1) is 21.7. The maximum absolute atomic E-state index is 13.5. The Kier molecular flexibility index (Phi) is 6.28. The van der Waals surface area contributed by atoms with Crippen LogP contribution in [-0.4, -0.2) is 18.4 Å². The maximum Gasteiger partial charge on any atom is 0.282 e. The minimum absolute atomic E-state index is 0.214. The van der Waals surface area contributed by atoms with Gasteiger partial charge in [0.2, 0.25) is 0 Å². The standard InChI is InChI=1S/C26H23ClN2O3/c1-3-16-32-20-14-12-18(13-15-20)23-24(28-22-11-7-10-21(27)17(22)2)26(31)29(25(23)30)19-8-5-4-6-9-19/h4-15,28H,3,16H2,1-2H3. The Balaban J connectivity index is 1.78. The van der Waals surface area contributed by atoms with E-state index in [0.717, 1.165) is 12.0 Å². The molecule has 4 rings (SSSR count). The first-order valence-electron chi connectivity index (χ1n) is 10.4. The fourth-order valence-electron chi connectivity index (χ4n) is 3.54. The first-order valence-corrected chi connectivity index (χ1v) is 10.8. The van der Waals surface area contributed by atoms with Gasteiger partial charge in [0, 0.05) is 10.7 Å². The Morgan fingerprint density at radius 2 is 1.62 bits per heavy atom. The van der Waals surface area contributed by atoms with E-state index in [1.807, 2.05) is 38.1 Å². The van der Waals surface area contributed by atoms with Gasteiger partial charge < -0.3 is 10.1 Å². The molecule has 32 heavy (non-hydrogen) atoms. The highest BCUT2D eigenvalue weighted by Gasteiger charge is 2.40. The lowest BCUT2D eigenvalue weighted by Crippen LogP contribution is -2.32. The van der Waals surface area contributed by atoms with Crippen molar-refractivity contribution in [3.05, 3.63) is 94.6 Å². The van der Waals surface area contributed by atoms with Crippen LogP contribution >= 0.6 is 11.6 Å². The highest BCUT2D eigenvalue weighted by molar-refractivity contribution is 6.46. The number of anilines is 2. The number of para-hydroxylation sites is 1. The minimum atomic E-state index is -0.415. The lowest BCUT2D eigenvalue weighted by Gasteiger charge is -2.15. The van der Waals surface area contributed by atoms with Crippen molar-refractivity contribution in [2.24, 2.45) is 0 Å². The van der Waals surface area contributed by atoms with Crippen LogP contribution < -0.4 is 15.0 Å². The quantitative estimate of drug-likeness (QED) is 0.463. The van der Waals surface area contributed by atoms with Crippen LogP contribution in [-0.2, 0) is 9.59 Å². The zero-order chi connectivity index (χ0) is 22.7. The summed E-state index contributed by atoms with van der Waals surface area (Å²) in [5.74, 6) is -0.0828. The van der Waals surface area contributed by atoms with Crippen LogP contribution in [0.15, 0.2) is 78.5 Å². The Morgan fingerprint density at radius 1 is 0.906 bits per heavy atom. The van der Waals surface area contributed by atoms with Gasteiger partial charge in [0.25, 0.3) is 11.8 Å². The van der Waals surface area contributed by atoms with E-state index >= 15 is 0 Å². The molecule has 3 aromatic carbocycles. The summed E-state index contributed by atoms with van der Waals surface area (Å²) in [5.41, 5.74) is 3.13. The second kappa shape index (κ2) is 9.28. The van der Waals surface area contributed by atoms with Crippen LogP contribution in [0.1, 0.15) is 24.5 Å². The lowest BCUT2D eigenvalue weighted by atomic mass is 10.0. The van der Waals surface area contributed by atoms with E-state index < -0.39 is 5.91 Å². The van der Waals surface area contributed by atoms with Crippen molar-refractivity contribution in [1.29, 1.82) is 0 Å². The van der Waals surface area contributed by atoms with Crippen molar-refractivity contribution in [2.45, 2.75) is 20.3 Å². The molecule has 0 saturated heterocycles. The van der Waals surface area contributed by atoms with E-state index in [0.29, 0.717) is 39.9 Å². The summed E-state index contributed by atoms with van der Waals surface area (Å²) in [4.78, 5) is 28.1. The van der Waals surface area contributed by atoms with Crippen LogP contribution in [0.25, 0.3) is 5.57 Å². The van der Waals surface area contributed by atoms with Crippen molar-refractivity contribution in [1.82, 2.24) is 0 Å². The van der Waals surface area contributed by atoms with E-state index in [1.165, 1.54) is 4.90 Å². The molecule has 1 aliphatic heterocycles. The molecule has 0 aliphatic carbocycles. The average molecular weight is 447 g/mol. The zero-order valence-corrected chi connectivity index (χ0v) is 18.6. The molecule has 0 radical (unpaired) electrons. The molecule has 1 aliphatic rings. The normalized spacial score (nSPS) is 13.7. The molecular formula is C26H23ClN2O3. The molecule has 0 aromatic heterocycles. The molecule has 6 heteroatoms. The van der Waals surface area contributed by atoms with Crippen LogP contribution in [0.4, 0.5) is 11.4 Å². The van der Waals surface area contributed by atoms with E-state index in [4.69, 9.17) is 16.3 Å². The minimum Gasteiger partial charge on any atom is -0.494 e. The Bertz CT molecular complexity index is 1190. The largest absolute Gasteiger partial charge is 0.494 e. The Morgan fingerprint density at radius 3 is 2.31 bits per heavy atom. The van der Waals surface area contributed by atoms with E-state index in [2.05, 4.69) is 5.32 Å². The topological polar surface area (TPSA) is 58.6 Å². The third kappa shape index (κ3) is 4.12. The summed E-state index contributed by atoms with van der Waals surface area (Å²) < 4.78 is 5.65. The van der Waals surface area contributed by atoms with Crippen molar-refractivity contribution in [3.63, 3.8) is 0 Å². The molecule has 0 saturated carbocycles. The molecule has 3 aromatic rings. The number of nitrogens with one attached hydrogen (secondary N) is 1. The summed E-state index contributed by atoms with van der Waals surface area (Å²) in [5, 5.41) is 3.75.